The molecule has 0 saturated carbocycles. The molecule has 0 bridgehead atoms. The highest BCUT2D eigenvalue weighted by molar-refractivity contribution is 6.32. The molecule has 0 fully saturated rings. The van der Waals surface area contributed by atoms with Gasteiger partial charge in [0.1, 0.15) is 5.75 Å². The number of carbonyl (C=O) groups excluding carboxylic acids is 1. The maximum absolute atomic E-state index is 11.5. The fourth-order valence-corrected chi connectivity index (χ4v) is 1.92. The molecule has 1 aromatic carbocycles. The van der Waals surface area contributed by atoms with Crippen LogP contribution in [0.15, 0.2) is 18.2 Å². The lowest BCUT2D eigenvalue weighted by molar-refractivity contribution is -0.123. The van der Waals surface area contributed by atoms with Crippen molar-refractivity contribution in [1.29, 1.82) is 5.26 Å². The predicted octanol–water partition coefficient (Wildman–Crippen LogP) is 1.64. The highest BCUT2D eigenvalue weighted by Gasteiger charge is 2.11. The molecule has 0 aromatic heterocycles. The van der Waals surface area contributed by atoms with Gasteiger partial charge in [-0.3, -0.25) is 4.79 Å². The smallest absolute Gasteiger partial charge is 0.257 e. The van der Waals surface area contributed by atoms with Gasteiger partial charge < -0.3 is 15.8 Å². The SMILES string of the molecule is CC(N)Cc1cccc(Cl)c1OCC(=O)NCCC#N. The molecule has 1 amide bonds. The molecular formula is C14H18ClN3O2. The maximum atomic E-state index is 11.5. The number of benzene rings is 1. The summed E-state index contributed by atoms with van der Waals surface area (Å²) < 4.78 is 5.48. The van der Waals surface area contributed by atoms with Gasteiger partial charge in [-0.2, -0.15) is 5.26 Å². The molecule has 1 aromatic rings. The first-order chi connectivity index (χ1) is 9.54. The molecule has 0 aliphatic carbocycles. The molecule has 0 spiro atoms. The van der Waals surface area contributed by atoms with Crippen molar-refractivity contribution in [3.63, 3.8) is 0 Å². The Balaban J connectivity index is 2.62. The molecule has 0 heterocycles. The summed E-state index contributed by atoms with van der Waals surface area (Å²) in [5, 5.41) is 11.4. The van der Waals surface area contributed by atoms with Gasteiger partial charge >= 0.3 is 0 Å². The van der Waals surface area contributed by atoms with E-state index in [1.165, 1.54) is 0 Å². The Morgan fingerprint density at radius 1 is 1.60 bits per heavy atom. The molecule has 20 heavy (non-hydrogen) atoms. The van der Waals surface area contributed by atoms with Crippen LogP contribution in [0.1, 0.15) is 18.9 Å². The van der Waals surface area contributed by atoms with Crippen molar-refractivity contribution in [3.05, 3.63) is 28.8 Å². The van der Waals surface area contributed by atoms with Crippen molar-refractivity contribution < 1.29 is 9.53 Å². The Kier molecular flexibility index (Phi) is 6.85. The average molecular weight is 296 g/mol. The lowest BCUT2D eigenvalue weighted by atomic mass is 10.1. The normalized spacial score (nSPS) is 11.5. The van der Waals surface area contributed by atoms with Crippen LogP contribution in [-0.4, -0.2) is 25.1 Å². The zero-order valence-corrected chi connectivity index (χ0v) is 12.1. The quantitative estimate of drug-likeness (QED) is 0.749. The van der Waals surface area contributed by atoms with Crippen LogP contribution in [0.5, 0.6) is 5.75 Å². The number of ether oxygens (including phenoxy) is 1. The molecule has 6 heteroatoms. The minimum Gasteiger partial charge on any atom is -0.482 e. The van der Waals surface area contributed by atoms with Crippen molar-refractivity contribution >= 4 is 17.5 Å². The third kappa shape index (κ3) is 5.47. The van der Waals surface area contributed by atoms with Gasteiger partial charge in [0.15, 0.2) is 6.61 Å². The van der Waals surface area contributed by atoms with Crippen LogP contribution < -0.4 is 15.8 Å². The topological polar surface area (TPSA) is 88.1 Å². The first-order valence-electron chi connectivity index (χ1n) is 6.34. The van der Waals surface area contributed by atoms with Crippen LogP contribution in [0.2, 0.25) is 5.02 Å². The van der Waals surface area contributed by atoms with E-state index in [0.717, 1.165) is 5.56 Å². The molecule has 0 aliphatic heterocycles. The summed E-state index contributed by atoms with van der Waals surface area (Å²) >= 11 is 6.08. The van der Waals surface area contributed by atoms with E-state index >= 15 is 0 Å². The minimum absolute atomic E-state index is 0.0275. The predicted molar refractivity (Wildman–Crippen MR) is 77.5 cm³/mol. The monoisotopic (exact) mass is 295 g/mol. The highest BCUT2D eigenvalue weighted by Crippen LogP contribution is 2.29. The number of rotatable bonds is 7. The molecule has 0 saturated heterocycles. The van der Waals surface area contributed by atoms with Crippen LogP contribution in [0.3, 0.4) is 0 Å². The molecule has 0 radical (unpaired) electrons. The van der Waals surface area contributed by atoms with Crippen LogP contribution >= 0.6 is 11.6 Å². The van der Waals surface area contributed by atoms with E-state index < -0.39 is 0 Å². The van der Waals surface area contributed by atoms with E-state index in [2.05, 4.69) is 5.32 Å². The number of carbonyl (C=O) groups is 1. The molecule has 1 atom stereocenters. The molecule has 3 N–H and O–H groups in total. The van der Waals surface area contributed by atoms with Crippen LogP contribution in [-0.2, 0) is 11.2 Å². The summed E-state index contributed by atoms with van der Waals surface area (Å²) in [5.41, 5.74) is 6.64. The van der Waals surface area contributed by atoms with Crippen LogP contribution in [0.4, 0.5) is 0 Å². The third-order valence-electron chi connectivity index (χ3n) is 2.50. The number of nitrogens with two attached hydrogens (primary N) is 1. The van der Waals surface area contributed by atoms with E-state index in [0.29, 0.717) is 23.7 Å². The van der Waals surface area contributed by atoms with E-state index in [-0.39, 0.29) is 25.0 Å². The molecule has 1 rings (SSSR count). The molecular weight excluding hydrogens is 278 g/mol. The molecule has 5 nitrogen and oxygen atoms in total. The summed E-state index contributed by atoms with van der Waals surface area (Å²) in [4.78, 5) is 11.5. The van der Waals surface area contributed by atoms with Crippen molar-refractivity contribution in [2.45, 2.75) is 25.8 Å². The van der Waals surface area contributed by atoms with Crippen molar-refractivity contribution in [2.75, 3.05) is 13.2 Å². The fraction of sp³-hybridized carbons (Fsp3) is 0.429. The molecule has 108 valence electrons. The first kappa shape index (κ1) is 16.3. The number of hydrogen-bond acceptors (Lipinski definition) is 4. The van der Waals surface area contributed by atoms with Gasteiger partial charge in [-0.25, -0.2) is 0 Å². The van der Waals surface area contributed by atoms with Gasteiger partial charge in [0.05, 0.1) is 17.5 Å². The van der Waals surface area contributed by atoms with Gasteiger partial charge in [-0.05, 0) is 25.0 Å². The van der Waals surface area contributed by atoms with Gasteiger partial charge in [0.2, 0.25) is 0 Å². The van der Waals surface area contributed by atoms with Gasteiger partial charge in [-0.15, -0.1) is 0 Å². The van der Waals surface area contributed by atoms with Crippen LogP contribution in [0.25, 0.3) is 0 Å². The molecule has 0 aliphatic rings. The maximum Gasteiger partial charge on any atom is 0.257 e. The van der Waals surface area contributed by atoms with Crippen molar-refractivity contribution in [2.24, 2.45) is 5.73 Å². The number of amides is 1. The Bertz CT molecular complexity index is 498. The lowest BCUT2D eigenvalue weighted by Gasteiger charge is -2.14. The average Bonchev–Trinajstić information content (AvgIpc) is 2.37. The van der Waals surface area contributed by atoms with Crippen molar-refractivity contribution in [1.82, 2.24) is 5.32 Å². The van der Waals surface area contributed by atoms with E-state index in [1.807, 2.05) is 25.1 Å². The van der Waals surface area contributed by atoms with Gasteiger partial charge in [0, 0.05) is 12.6 Å². The number of hydrogen-bond donors (Lipinski definition) is 2. The standard InChI is InChI=1S/C14H18ClN3O2/c1-10(17)8-11-4-2-5-12(15)14(11)20-9-13(19)18-7-3-6-16/h2,4-5,10H,3,7-9,17H2,1H3,(H,18,19). The second-order valence-electron chi connectivity index (χ2n) is 4.46. The highest BCUT2D eigenvalue weighted by atomic mass is 35.5. The number of nitrogens with zero attached hydrogens (tertiary/aromatic N) is 1. The second kappa shape index (κ2) is 8.41. The summed E-state index contributed by atoms with van der Waals surface area (Å²) in [6.07, 6.45) is 0.889. The Morgan fingerprint density at radius 3 is 3.00 bits per heavy atom. The third-order valence-corrected chi connectivity index (χ3v) is 2.79. The number of nitriles is 1. The van der Waals surface area contributed by atoms with E-state index in [9.17, 15) is 4.79 Å². The summed E-state index contributed by atoms with van der Waals surface area (Å²) in [6, 6.07) is 7.31. The number of para-hydroxylation sites is 1. The van der Waals surface area contributed by atoms with E-state index in [4.69, 9.17) is 27.3 Å². The van der Waals surface area contributed by atoms with Crippen molar-refractivity contribution in [3.8, 4) is 11.8 Å². The van der Waals surface area contributed by atoms with E-state index in [1.54, 1.807) is 6.07 Å². The summed E-state index contributed by atoms with van der Waals surface area (Å²) in [6.45, 7) is 2.06. The Morgan fingerprint density at radius 2 is 2.35 bits per heavy atom. The fourth-order valence-electron chi connectivity index (χ4n) is 1.67. The largest absolute Gasteiger partial charge is 0.482 e. The Labute approximate surface area is 123 Å². The summed E-state index contributed by atoms with van der Waals surface area (Å²) in [7, 11) is 0. The minimum atomic E-state index is -0.285. The zero-order chi connectivity index (χ0) is 15.0. The Hall–Kier alpha value is -1.77. The lowest BCUT2D eigenvalue weighted by Crippen LogP contribution is -2.29. The number of nitrogens with one attached hydrogen (secondary N) is 1. The van der Waals surface area contributed by atoms with Gasteiger partial charge in [-0.1, -0.05) is 23.7 Å². The van der Waals surface area contributed by atoms with Gasteiger partial charge in [0.25, 0.3) is 5.91 Å². The second-order valence-corrected chi connectivity index (χ2v) is 4.86. The molecule has 1 unspecified atom stereocenters. The van der Waals surface area contributed by atoms with Crippen LogP contribution in [0, 0.1) is 11.3 Å². The zero-order valence-electron chi connectivity index (χ0n) is 11.4. The number of halogens is 1. The summed E-state index contributed by atoms with van der Waals surface area (Å²) in [5.74, 6) is 0.203. The first-order valence-corrected chi connectivity index (χ1v) is 6.71.